The molecule has 2 rings (SSSR count). The first kappa shape index (κ1) is 9.53. The number of phenolic OH excluding ortho intramolecular Hbond substituents is 1. The molecule has 0 saturated heterocycles. The Morgan fingerprint density at radius 1 is 1.36 bits per heavy atom. The van der Waals surface area contributed by atoms with Gasteiger partial charge in [0.1, 0.15) is 5.75 Å². The van der Waals surface area contributed by atoms with Crippen LogP contribution in [0.4, 0.5) is 0 Å². The van der Waals surface area contributed by atoms with E-state index in [1.807, 2.05) is 6.07 Å². The van der Waals surface area contributed by atoms with Gasteiger partial charge < -0.3 is 10.2 Å². The van der Waals surface area contributed by atoms with Gasteiger partial charge in [-0.25, -0.2) is 0 Å². The maximum atomic E-state index is 9.71. The molecule has 0 aromatic heterocycles. The number of aliphatic hydroxyl groups excluding tert-OH is 1. The van der Waals surface area contributed by atoms with E-state index < -0.39 is 0 Å². The third-order valence-electron chi connectivity index (χ3n) is 2.88. The van der Waals surface area contributed by atoms with Gasteiger partial charge in [-0.2, -0.15) is 0 Å². The summed E-state index contributed by atoms with van der Waals surface area (Å²) in [5.41, 5.74) is 3.57. The summed E-state index contributed by atoms with van der Waals surface area (Å²) >= 11 is 0. The predicted octanol–water partition coefficient (Wildman–Crippen LogP) is 1.80. The fourth-order valence-electron chi connectivity index (χ4n) is 2.25. The molecule has 0 fully saturated rings. The van der Waals surface area contributed by atoms with Crippen LogP contribution in [-0.4, -0.2) is 16.3 Å². The highest BCUT2D eigenvalue weighted by atomic mass is 16.3. The smallest absolute Gasteiger partial charge is 0.119 e. The Morgan fingerprint density at radius 3 is 2.86 bits per heavy atom. The number of rotatable bonds is 2. The molecule has 0 saturated carbocycles. The third-order valence-corrected chi connectivity index (χ3v) is 2.88. The summed E-state index contributed by atoms with van der Waals surface area (Å²) in [6, 6.07) is 3.76. The molecule has 0 heterocycles. The van der Waals surface area contributed by atoms with Crippen LogP contribution in [0.15, 0.2) is 12.1 Å². The van der Waals surface area contributed by atoms with E-state index in [1.165, 1.54) is 17.5 Å². The van der Waals surface area contributed by atoms with E-state index in [0.717, 1.165) is 18.4 Å². The molecule has 0 bridgehead atoms. The van der Waals surface area contributed by atoms with Crippen molar-refractivity contribution < 1.29 is 10.2 Å². The van der Waals surface area contributed by atoms with E-state index in [0.29, 0.717) is 12.2 Å². The van der Waals surface area contributed by atoms with Crippen LogP contribution >= 0.6 is 0 Å². The second-order valence-electron chi connectivity index (χ2n) is 4.11. The fourth-order valence-corrected chi connectivity index (χ4v) is 2.25. The molecule has 0 amide bonds. The minimum Gasteiger partial charge on any atom is -0.508 e. The first-order valence-corrected chi connectivity index (χ1v) is 5.19. The van der Waals surface area contributed by atoms with E-state index in [9.17, 15) is 10.2 Å². The van der Waals surface area contributed by atoms with Gasteiger partial charge in [0.15, 0.2) is 0 Å². The number of hydrogen-bond donors (Lipinski definition) is 2. The normalized spacial score (nSPS) is 16.7. The molecule has 1 aromatic rings. The second-order valence-corrected chi connectivity index (χ2v) is 4.11. The van der Waals surface area contributed by atoms with Crippen LogP contribution in [0.3, 0.4) is 0 Å². The number of hydrogen-bond acceptors (Lipinski definition) is 2. The number of fused-ring (bicyclic) bond motifs is 1. The number of benzene rings is 1. The van der Waals surface area contributed by atoms with E-state index >= 15 is 0 Å². The summed E-state index contributed by atoms with van der Waals surface area (Å²) in [4.78, 5) is 0. The van der Waals surface area contributed by atoms with Gasteiger partial charge in [-0.05, 0) is 48.9 Å². The van der Waals surface area contributed by atoms with Gasteiger partial charge in [-0.15, -0.1) is 0 Å². The van der Waals surface area contributed by atoms with Crippen LogP contribution in [0.25, 0.3) is 0 Å². The van der Waals surface area contributed by atoms with Crippen molar-refractivity contribution in [1.82, 2.24) is 0 Å². The minimum atomic E-state index is -0.381. The van der Waals surface area contributed by atoms with Gasteiger partial charge in [0.05, 0.1) is 6.10 Å². The van der Waals surface area contributed by atoms with Gasteiger partial charge in [0, 0.05) is 6.42 Å². The van der Waals surface area contributed by atoms with Crippen LogP contribution in [0, 0.1) is 0 Å². The zero-order valence-corrected chi connectivity index (χ0v) is 8.45. The number of phenols is 1. The quantitative estimate of drug-likeness (QED) is 0.750. The summed E-state index contributed by atoms with van der Waals surface area (Å²) in [6.45, 7) is 1.76. The monoisotopic (exact) mass is 192 g/mol. The Balaban J connectivity index is 2.41. The van der Waals surface area contributed by atoms with Crippen molar-refractivity contribution in [3.05, 3.63) is 28.8 Å². The zero-order valence-electron chi connectivity index (χ0n) is 8.45. The molecule has 1 aliphatic carbocycles. The van der Waals surface area contributed by atoms with Crippen molar-refractivity contribution in [2.24, 2.45) is 0 Å². The van der Waals surface area contributed by atoms with Crippen molar-refractivity contribution in [3.8, 4) is 5.75 Å². The van der Waals surface area contributed by atoms with Crippen molar-refractivity contribution in [3.63, 3.8) is 0 Å². The highest BCUT2D eigenvalue weighted by Crippen LogP contribution is 2.32. The lowest BCUT2D eigenvalue weighted by Gasteiger charge is -2.12. The molecule has 2 N–H and O–H groups in total. The predicted molar refractivity (Wildman–Crippen MR) is 55.5 cm³/mol. The topological polar surface area (TPSA) is 40.5 Å². The summed E-state index contributed by atoms with van der Waals surface area (Å²) in [6.07, 6.45) is 3.52. The Labute approximate surface area is 84.2 Å². The molecule has 2 nitrogen and oxygen atoms in total. The van der Waals surface area contributed by atoms with Crippen molar-refractivity contribution in [2.45, 2.75) is 38.7 Å². The van der Waals surface area contributed by atoms with Gasteiger partial charge in [0.25, 0.3) is 0 Å². The van der Waals surface area contributed by atoms with Crippen molar-refractivity contribution in [2.75, 3.05) is 0 Å². The molecular weight excluding hydrogens is 176 g/mol. The first-order chi connectivity index (χ1) is 6.68. The summed E-state index contributed by atoms with van der Waals surface area (Å²) in [7, 11) is 0. The Bertz CT molecular complexity index is 342. The third kappa shape index (κ3) is 1.62. The summed E-state index contributed by atoms with van der Waals surface area (Å²) < 4.78 is 0. The van der Waals surface area contributed by atoms with E-state index in [-0.39, 0.29) is 6.10 Å². The van der Waals surface area contributed by atoms with E-state index in [1.54, 1.807) is 13.0 Å². The number of aliphatic hydroxyl groups is 1. The summed E-state index contributed by atoms with van der Waals surface area (Å²) in [5.74, 6) is 0.339. The Kier molecular flexibility index (Phi) is 2.46. The average Bonchev–Trinajstić information content (AvgIpc) is 2.57. The fraction of sp³-hybridized carbons (Fsp3) is 0.500. The lowest BCUT2D eigenvalue weighted by molar-refractivity contribution is 0.194. The average molecular weight is 192 g/mol. The van der Waals surface area contributed by atoms with Gasteiger partial charge in [0.2, 0.25) is 0 Å². The lowest BCUT2D eigenvalue weighted by atomic mass is 9.98. The maximum Gasteiger partial charge on any atom is 0.119 e. The largest absolute Gasteiger partial charge is 0.508 e. The van der Waals surface area contributed by atoms with Gasteiger partial charge >= 0.3 is 0 Å². The van der Waals surface area contributed by atoms with Gasteiger partial charge in [-0.1, -0.05) is 6.07 Å². The van der Waals surface area contributed by atoms with E-state index in [2.05, 4.69) is 0 Å². The second kappa shape index (κ2) is 3.62. The van der Waals surface area contributed by atoms with Crippen molar-refractivity contribution in [1.29, 1.82) is 0 Å². The molecule has 0 radical (unpaired) electrons. The number of aromatic hydroxyl groups is 1. The molecule has 76 valence electrons. The molecule has 1 aliphatic rings. The lowest BCUT2D eigenvalue weighted by Crippen LogP contribution is -2.07. The molecule has 1 unspecified atom stereocenters. The van der Waals surface area contributed by atoms with Crippen LogP contribution in [-0.2, 0) is 19.3 Å². The molecule has 1 aromatic carbocycles. The van der Waals surface area contributed by atoms with E-state index in [4.69, 9.17) is 0 Å². The molecule has 2 heteroatoms. The molecule has 1 atom stereocenters. The minimum absolute atomic E-state index is 0.339. The Hall–Kier alpha value is -1.02. The maximum absolute atomic E-state index is 9.71. The van der Waals surface area contributed by atoms with Crippen molar-refractivity contribution >= 4 is 0 Å². The first-order valence-electron chi connectivity index (χ1n) is 5.19. The standard InChI is InChI=1S/C12H16O2/c1-8(13)7-11-10-4-2-3-9(10)5-6-12(11)14/h5-6,8,13-14H,2-4,7H2,1H3. The molecule has 0 aliphatic heterocycles. The SMILES string of the molecule is CC(O)Cc1c(O)ccc2c1CCC2. The zero-order chi connectivity index (χ0) is 10.1. The van der Waals surface area contributed by atoms with Gasteiger partial charge in [-0.3, -0.25) is 0 Å². The van der Waals surface area contributed by atoms with Crippen LogP contribution in [0.1, 0.15) is 30.0 Å². The Morgan fingerprint density at radius 2 is 2.14 bits per heavy atom. The highest BCUT2D eigenvalue weighted by molar-refractivity contribution is 5.46. The van der Waals surface area contributed by atoms with Crippen LogP contribution in [0.2, 0.25) is 0 Å². The number of aryl methyl sites for hydroxylation is 1. The molecular formula is C12H16O2. The summed E-state index contributed by atoms with van der Waals surface area (Å²) in [5, 5.41) is 19.1. The van der Waals surface area contributed by atoms with Crippen LogP contribution in [0.5, 0.6) is 5.75 Å². The molecule has 14 heavy (non-hydrogen) atoms. The highest BCUT2D eigenvalue weighted by Gasteiger charge is 2.18. The van der Waals surface area contributed by atoms with Crippen LogP contribution < -0.4 is 0 Å². The molecule has 0 spiro atoms.